The summed E-state index contributed by atoms with van der Waals surface area (Å²) in [6.07, 6.45) is 10.7. The van der Waals surface area contributed by atoms with Crippen LogP contribution in [0.5, 0.6) is 5.75 Å². The van der Waals surface area contributed by atoms with Gasteiger partial charge >= 0.3 is 17.1 Å². The zero-order valence-corrected chi connectivity index (χ0v) is 14.0. The van der Waals surface area contributed by atoms with Crippen LogP contribution in [-0.4, -0.2) is 5.11 Å². The Bertz CT molecular complexity index is 695. The van der Waals surface area contributed by atoms with Gasteiger partial charge in [-0.3, -0.25) is 0 Å². The molecule has 0 fully saturated rings. The molecule has 0 aromatic heterocycles. The first-order valence-corrected chi connectivity index (χ1v) is 7.14. The summed E-state index contributed by atoms with van der Waals surface area (Å²) in [7, 11) is 0. The van der Waals surface area contributed by atoms with Crippen molar-refractivity contribution >= 4 is 17.4 Å². The predicted octanol–water partition coefficient (Wildman–Crippen LogP) is 4.20. The zero-order chi connectivity index (χ0) is 15.8. The maximum atomic E-state index is 11.8. The minimum Gasteiger partial charge on any atom is -0.872 e. The van der Waals surface area contributed by atoms with Crippen LogP contribution >= 0.6 is 11.6 Å². The Balaban J connectivity index is 0.000000377. The van der Waals surface area contributed by atoms with Crippen molar-refractivity contribution in [2.45, 2.75) is 0 Å². The zero-order valence-electron chi connectivity index (χ0n) is 12.2. The number of hydrogen-bond acceptors (Lipinski definition) is 2. The standard InChI is InChI=1S/C14H11ClO2.C5H5.Fe/c15-11-6-7-12(14(17)9-11)13(16)8-5-10-3-1-2-4-10;1-2-4-5-3-1;/h1-9,16-17H;1-5H;/q;-1;+2/p-1. The van der Waals surface area contributed by atoms with Gasteiger partial charge in [-0.1, -0.05) is 59.9 Å². The van der Waals surface area contributed by atoms with E-state index in [9.17, 15) is 10.2 Å². The van der Waals surface area contributed by atoms with E-state index in [2.05, 4.69) is 0 Å². The minimum absolute atomic E-state index is 0. The van der Waals surface area contributed by atoms with E-state index in [-0.39, 0.29) is 34.1 Å². The normalized spacial score (nSPS) is 12.4. The molecular weight excluding hydrogens is 352 g/mol. The molecule has 2 nitrogen and oxygen atoms in total. The molecule has 118 valence electrons. The third kappa shape index (κ3) is 6.29. The quantitative estimate of drug-likeness (QED) is 0.492. The van der Waals surface area contributed by atoms with Crippen LogP contribution in [0.2, 0.25) is 5.02 Å². The summed E-state index contributed by atoms with van der Waals surface area (Å²) in [5, 5.41) is 21.8. The molecule has 0 radical (unpaired) electrons. The fraction of sp³-hybridized carbons (Fsp3) is 0. The average molecular weight is 367 g/mol. The summed E-state index contributed by atoms with van der Waals surface area (Å²) >= 11 is 5.69. The molecule has 0 bridgehead atoms. The topological polar surface area (TPSA) is 43.3 Å². The van der Waals surface area contributed by atoms with Crippen molar-refractivity contribution in [2.24, 2.45) is 0 Å². The van der Waals surface area contributed by atoms with Crippen molar-refractivity contribution in [1.29, 1.82) is 0 Å². The minimum atomic E-state index is -0.250. The number of rotatable bonds is 2. The summed E-state index contributed by atoms with van der Waals surface area (Å²) < 4.78 is 0. The van der Waals surface area contributed by atoms with E-state index < -0.39 is 0 Å². The fourth-order valence-corrected chi connectivity index (χ4v) is 1.96. The number of allylic oxidation sites excluding steroid dienone is 7. The van der Waals surface area contributed by atoms with Crippen LogP contribution in [0.1, 0.15) is 5.56 Å². The second kappa shape index (κ2) is 9.86. The molecule has 2 aromatic carbocycles. The van der Waals surface area contributed by atoms with Crippen molar-refractivity contribution < 1.29 is 27.3 Å². The van der Waals surface area contributed by atoms with Gasteiger partial charge in [0.15, 0.2) is 0 Å². The van der Waals surface area contributed by atoms with Crippen molar-refractivity contribution in [3.05, 3.63) is 101 Å². The molecule has 0 heterocycles. The molecule has 2 aromatic rings. The number of phenols is 1. The van der Waals surface area contributed by atoms with Crippen molar-refractivity contribution in [3.8, 4) is 5.75 Å². The Kier molecular flexibility index (Phi) is 8.14. The van der Waals surface area contributed by atoms with Gasteiger partial charge in [0, 0.05) is 10.6 Å². The Morgan fingerprint density at radius 1 is 1.13 bits per heavy atom. The first-order chi connectivity index (χ1) is 10.7. The van der Waals surface area contributed by atoms with Gasteiger partial charge in [0.2, 0.25) is 0 Å². The molecule has 0 saturated carbocycles. The predicted molar refractivity (Wildman–Crippen MR) is 89.5 cm³/mol. The molecular formula is C19H15ClFeO2. The van der Waals surface area contributed by atoms with E-state index in [4.69, 9.17) is 11.6 Å². The molecule has 0 amide bonds. The van der Waals surface area contributed by atoms with Crippen molar-refractivity contribution in [1.82, 2.24) is 0 Å². The first-order valence-electron chi connectivity index (χ1n) is 6.76. The summed E-state index contributed by atoms with van der Waals surface area (Å²) in [4.78, 5) is 0. The maximum absolute atomic E-state index is 11.8. The molecule has 0 saturated heterocycles. The molecule has 3 rings (SSSR count). The van der Waals surface area contributed by atoms with Gasteiger partial charge in [-0.05, 0) is 17.7 Å². The van der Waals surface area contributed by atoms with Crippen LogP contribution in [0.15, 0.2) is 90.6 Å². The third-order valence-electron chi connectivity index (χ3n) is 2.90. The summed E-state index contributed by atoms with van der Waals surface area (Å²) in [6, 6.07) is 14.4. The molecule has 0 aliphatic heterocycles. The average Bonchev–Trinajstić information content (AvgIpc) is 3.21. The smallest absolute Gasteiger partial charge is 0.872 e. The number of aromatic hydroxyl groups is 1. The Morgan fingerprint density at radius 2 is 1.78 bits per heavy atom. The third-order valence-corrected chi connectivity index (χ3v) is 3.13. The van der Waals surface area contributed by atoms with Crippen LogP contribution in [0.4, 0.5) is 0 Å². The summed E-state index contributed by atoms with van der Waals surface area (Å²) in [6.45, 7) is 0. The van der Waals surface area contributed by atoms with Crippen molar-refractivity contribution in [3.63, 3.8) is 0 Å². The van der Waals surface area contributed by atoms with Gasteiger partial charge < -0.3 is 10.2 Å². The monoisotopic (exact) mass is 366 g/mol. The number of benzene rings is 1. The van der Waals surface area contributed by atoms with Crippen LogP contribution in [0.25, 0.3) is 5.76 Å². The van der Waals surface area contributed by atoms with Crippen LogP contribution in [0.3, 0.4) is 0 Å². The first kappa shape index (κ1) is 19.0. The molecule has 23 heavy (non-hydrogen) atoms. The van der Waals surface area contributed by atoms with Crippen LogP contribution < -0.4 is 5.11 Å². The van der Waals surface area contributed by atoms with E-state index in [0.29, 0.717) is 5.02 Å². The van der Waals surface area contributed by atoms with Gasteiger partial charge in [0.05, 0.1) is 0 Å². The Morgan fingerprint density at radius 3 is 2.30 bits per heavy atom. The molecule has 1 aliphatic rings. The summed E-state index contributed by atoms with van der Waals surface area (Å²) in [5.41, 5.74) is 1.20. The number of hydrogen-bond donors (Lipinski definition) is 1. The van der Waals surface area contributed by atoms with Crippen LogP contribution in [0, 0.1) is 0 Å². The van der Waals surface area contributed by atoms with Crippen LogP contribution in [-0.2, 0) is 17.1 Å². The van der Waals surface area contributed by atoms with E-state index in [1.54, 1.807) is 12.1 Å². The largest absolute Gasteiger partial charge is 2.00 e. The van der Waals surface area contributed by atoms with E-state index in [0.717, 1.165) is 5.57 Å². The Hall–Kier alpha value is -2.06. The van der Waals surface area contributed by atoms with Gasteiger partial charge in [-0.15, -0.1) is 0 Å². The molecule has 1 N–H and O–H groups in total. The second-order valence-corrected chi connectivity index (χ2v) is 4.98. The Labute approximate surface area is 151 Å². The van der Waals surface area contributed by atoms with Gasteiger partial charge in [-0.25, -0.2) is 12.1 Å². The maximum Gasteiger partial charge on any atom is 2.00 e. The fourth-order valence-electron chi connectivity index (χ4n) is 1.80. The van der Waals surface area contributed by atoms with E-state index in [1.165, 1.54) is 18.2 Å². The van der Waals surface area contributed by atoms with E-state index in [1.807, 2.05) is 54.6 Å². The van der Waals surface area contributed by atoms with Gasteiger partial charge in [0.1, 0.15) is 5.75 Å². The van der Waals surface area contributed by atoms with Gasteiger partial charge in [0.25, 0.3) is 0 Å². The molecule has 0 unspecified atom stereocenters. The van der Waals surface area contributed by atoms with Gasteiger partial charge in [-0.2, -0.15) is 18.2 Å². The summed E-state index contributed by atoms with van der Waals surface area (Å²) in [5.74, 6) is -0.352. The molecule has 4 heteroatoms. The van der Waals surface area contributed by atoms with Crippen molar-refractivity contribution in [2.75, 3.05) is 0 Å². The second-order valence-electron chi connectivity index (χ2n) is 4.54. The number of phenolic OH excluding ortho intramolecular Hbond substituents is 1. The molecule has 0 atom stereocenters. The molecule has 0 spiro atoms. The molecule has 1 aliphatic carbocycles. The van der Waals surface area contributed by atoms with E-state index >= 15 is 0 Å². The SMILES string of the molecule is [Fe+2].[O-]C(=CC=C1C=CC=C1)c1ccc(Cl)cc1O.c1cc[cH-]c1. The number of halogens is 1.